The Hall–Kier alpha value is -1.77. The predicted molar refractivity (Wildman–Crippen MR) is 73.6 cm³/mol. The second kappa shape index (κ2) is 4.84. The number of nitrogen functional groups attached to an aromatic ring is 1. The molecule has 0 radical (unpaired) electrons. The van der Waals surface area contributed by atoms with E-state index < -0.39 is 0 Å². The highest BCUT2D eigenvalue weighted by atomic mass is 16.5. The van der Waals surface area contributed by atoms with Crippen LogP contribution in [0, 0.1) is 5.92 Å². The van der Waals surface area contributed by atoms with Gasteiger partial charge in [-0.05, 0) is 30.9 Å². The van der Waals surface area contributed by atoms with Gasteiger partial charge in [0.25, 0.3) is 0 Å². The number of hydrogen-bond donors (Lipinski definition) is 1. The van der Waals surface area contributed by atoms with Crippen LogP contribution >= 0.6 is 0 Å². The number of nitrogens with zero attached hydrogens (tertiary/aromatic N) is 1. The maximum Gasteiger partial charge on any atom is 0.153 e. The molecule has 0 saturated heterocycles. The fourth-order valence-corrected chi connectivity index (χ4v) is 2.67. The molecule has 3 rings (SSSR count). The molecule has 0 spiro atoms. The zero-order chi connectivity index (χ0) is 12.4. The van der Waals surface area contributed by atoms with Crippen molar-refractivity contribution in [3.63, 3.8) is 0 Å². The highest BCUT2D eigenvalue weighted by Gasteiger charge is 2.17. The van der Waals surface area contributed by atoms with Crippen LogP contribution in [0.5, 0.6) is 5.75 Å². The van der Waals surface area contributed by atoms with Crippen molar-refractivity contribution in [2.45, 2.75) is 25.7 Å². The largest absolute Gasteiger partial charge is 0.490 e. The number of nitrogens with two attached hydrogens (primary N) is 1. The molecule has 0 atom stereocenters. The molecule has 0 amide bonds. The van der Waals surface area contributed by atoms with E-state index in [0.29, 0.717) is 11.6 Å². The monoisotopic (exact) mass is 242 g/mol. The Morgan fingerprint density at radius 3 is 2.83 bits per heavy atom. The quantitative estimate of drug-likeness (QED) is 0.897. The maximum absolute atomic E-state index is 5.98. The Labute approximate surface area is 107 Å². The van der Waals surface area contributed by atoms with Crippen molar-refractivity contribution in [1.82, 2.24) is 4.98 Å². The molecule has 1 heterocycles. The minimum atomic E-state index is 0.631. The molecular weight excluding hydrogens is 224 g/mol. The van der Waals surface area contributed by atoms with Gasteiger partial charge in [0, 0.05) is 5.39 Å². The fourth-order valence-electron chi connectivity index (χ4n) is 2.67. The van der Waals surface area contributed by atoms with Crippen LogP contribution in [0.2, 0.25) is 0 Å². The van der Waals surface area contributed by atoms with Crippen LogP contribution in [0.3, 0.4) is 0 Å². The van der Waals surface area contributed by atoms with Crippen molar-refractivity contribution < 1.29 is 4.74 Å². The Bertz CT molecular complexity index is 547. The van der Waals surface area contributed by atoms with Crippen molar-refractivity contribution in [2.75, 3.05) is 12.3 Å². The molecule has 18 heavy (non-hydrogen) atoms. The third kappa shape index (κ3) is 2.13. The van der Waals surface area contributed by atoms with E-state index in [9.17, 15) is 0 Å². The summed E-state index contributed by atoms with van der Waals surface area (Å²) < 4.78 is 5.97. The van der Waals surface area contributed by atoms with Gasteiger partial charge in [-0.15, -0.1) is 0 Å². The van der Waals surface area contributed by atoms with E-state index >= 15 is 0 Å². The van der Waals surface area contributed by atoms with Gasteiger partial charge in [-0.1, -0.05) is 25.0 Å². The van der Waals surface area contributed by atoms with E-state index in [2.05, 4.69) is 4.98 Å². The summed E-state index contributed by atoms with van der Waals surface area (Å²) in [6.07, 6.45) is 6.92. The molecular formula is C15H18N2O. The topological polar surface area (TPSA) is 48.1 Å². The van der Waals surface area contributed by atoms with Crippen LogP contribution < -0.4 is 10.5 Å². The zero-order valence-corrected chi connectivity index (χ0v) is 10.4. The first kappa shape index (κ1) is 11.3. The van der Waals surface area contributed by atoms with Gasteiger partial charge in [-0.2, -0.15) is 0 Å². The van der Waals surface area contributed by atoms with Gasteiger partial charge in [-0.25, -0.2) is 0 Å². The average molecular weight is 242 g/mol. The number of pyridine rings is 1. The van der Waals surface area contributed by atoms with Gasteiger partial charge in [0.15, 0.2) is 5.75 Å². The fraction of sp³-hybridized carbons (Fsp3) is 0.400. The van der Waals surface area contributed by atoms with Crippen LogP contribution in [-0.2, 0) is 0 Å². The molecule has 94 valence electrons. The van der Waals surface area contributed by atoms with Crippen molar-refractivity contribution in [3.8, 4) is 5.75 Å². The van der Waals surface area contributed by atoms with E-state index in [-0.39, 0.29) is 0 Å². The number of rotatable bonds is 3. The van der Waals surface area contributed by atoms with Gasteiger partial charge < -0.3 is 10.5 Å². The SMILES string of the molecule is Nc1cnc2ccccc2c1OCC1CCCC1. The Morgan fingerprint density at radius 2 is 2.00 bits per heavy atom. The number of hydrogen-bond acceptors (Lipinski definition) is 3. The first-order chi connectivity index (χ1) is 8.84. The zero-order valence-electron chi connectivity index (χ0n) is 10.4. The summed E-state index contributed by atoms with van der Waals surface area (Å²) in [5, 5.41) is 1.01. The van der Waals surface area contributed by atoms with Gasteiger partial charge in [0.05, 0.1) is 24.0 Å². The average Bonchev–Trinajstić information content (AvgIpc) is 2.91. The summed E-state index contributed by atoms with van der Waals surface area (Å²) in [6.45, 7) is 0.776. The standard InChI is InChI=1S/C15H18N2O/c16-13-9-17-14-8-4-3-7-12(14)15(13)18-10-11-5-1-2-6-11/h3-4,7-9,11H,1-2,5-6,10,16H2. The first-order valence-corrected chi connectivity index (χ1v) is 6.60. The number of para-hydroxylation sites is 1. The van der Waals surface area contributed by atoms with Gasteiger partial charge in [-0.3, -0.25) is 4.98 Å². The molecule has 1 fully saturated rings. The third-order valence-electron chi connectivity index (χ3n) is 3.69. The molecule has 0 unspecified atom stereocenters. The van der Waals surface area contributed by atoms with Crippen LogP contribution in [0.15, 0.2) is 30.5 Å². The smallest absolute Gasteiger partial charge is 0.153 e. The molecule has 3 nitrogen and oxygen atoms in total. The van der Waals surface area contributed by atoms with Crippen LogP contribution in [0.4, 0.5) is 5.69 Å². The lowest BCUT2D eigenvalue weighted by atomic mass is 10.1. The minimum absolute atomic E-state index is 0.631. The molecule has 1 aromatic heterocycles. The van der Waals surface area contributed by atoms with Crippen LogP contribution in [0.1, 0.15) is 25.7 Å². The predicted octanol–water partition coefficient (Wildman–Crippen LogP) is 3.39. The molecule has 1 aliphatic carbocycles. The van der Waals surface area contributed by atoms with Crippen molar-refractivity contribution in [2.24, 2.45) is 5.92 Å². The number of fused-ring (bicyclic) bond motifs is 1. The highest BCUT2D eigenvalue weighted by molar-refractivity contribution is 5.89. The summed E-state index contributed by atoms with van der Waals surface area (Å²) in [4.78, 5) is 4.32. The Morgan fingerprint density at radius 1 is 1.22 bits per heavy atom. The van der Waals surface area contributed by atoms with Gasteiger partial charge in [0.1, 0.15) is 0 Å². The summed E-state index contributed by atoms with van der Waals surface area (Å²) in [5.41, 5.74) is 7.55. The van der Waals surface area contributed by atoms with E-state index in [1.54, 1.807) is 6.20 Å². The molecule has 0 bridgehead atoms. The number of aromatic nitrogens is 1. The highest BCUT2D eigenvalue weighted by Crippen LogP contribution is 2.32. The van der Waals surface area contributed by atoms with Crippen molar-refractivity contribution in [3.05, 3.63) is 30.5 Å². The maximum atomic E-state index is 5.98. The van der Waals surface area contributed by atoms with Crippen LogP contribution in [-0.4, -0.2) is 11.6 Å². The van der Waals surface area contributed by atoms with Gasteiger partial charge in [0.2, 0.25) is 0 Å². The molecule has 1 saturated carbocycles. The summed E-state index contributed by atoms with van der Waals surface area (Å²) in [7, 11) is 0. The molecule has 1 aromatic carbocycles. The molecule has 0 aliphatic heterocycles. The van der Waals surface area contributed by atoms with Crippen molar-refractivity contribution in [1.29, 1.82) is 0 Å². The van der Waals surface area contributed by atoms with Crippen molar-refractivity contribution >= 4 is 16.6 Å². The van der Waals surface area contributed by atoms with E-state index in [4.69, 9.17) is 10.5 Å². The molecule has 2 N–H and O–H groups in total. The normalized spacial score (nSPS) is 16.2. The number of benzene rings is 1. The molecule has 2 aromatic rings. The third-order valence-corrected chi connectivity index (χ3v) is 3.69. The van der Waals surface area contributed by atoms with E-state index in [0.717, 1.165) is 23.3 Å². The lowest BCUT2D eigenvalue weighted by Crippen LogP contribution is -2.09. The summed E-state index contributed by atoms with van der Waals surface area (Å²) in [5.74, 6) is 1.49. The van der Waals surface area contributed by atoms with E-state index in [1.807, 2.05) is 24.3 Å². The second-order valence-electron chi connectivity index (χ2n) is 5.02. The number of anilines is 1. The Balaban J connectivity index is 1.87. The van der Waals surface area contributed by atoms with Gasteiger partial charge >= 0.3 is 0 Å². The summed E-state index contributed by atoms with van der Waals surface area (Å²) in [6, 6.07) is 7.97. The minimum Gasteiger partial charge on any atom is -0.490 e. The summed E-state index contributed by atoms with van der Waals surface area (Å²) >= 11 is 0. The first-order valence-electron chi connectivity index (χ1n) is 6.60. The van der Waals surface area contributed by atoms with E-state index in [1.165, 1.54) is 25.7 Å². The number of ether oxygens (including phenoxy) is 1. The lowest BCUT2D eigenvalue weighted by molar-refractivity contribution is 0.256. The Kier molecular flexibility index (Phi) is 3.05. The lowest BCUT2D eigenvalue weighted by Gasteiger charge is -2.14. The molecule has 1 aliphatic rings. The second-order valence-corrected chi connectivity index (χ2v) is 5.02. The van der Waals surface area contributed by atoms with Crippen LogP contribution in [0.25, 0.3) is 10.9 Å². The molecule has 3 heteroatoms.